The molecule has 0 heterocycles. The van der Waals surface area contributed by atoms with Crippen molar-refractivity contribution in [1.82, 2.24) is 0 Å². The fourth-order valence-electron chi connectivity index (χ4n) is 2.20. The average molecular weight is 350 g/mol. The van der Waals surface area contributed by atoms with Crippen molar-refractivity contribution in [3.63, 3.8) is 0 Å². The van der Waals surface area contributed by atoms with E-state index >= 15 is 0 Å². The minimum Gasteiger partial charge on any atom is -0.496 e. The Morgan fingerprint density at radius 2 is 2.00 bits per heavy atom. The zero-order chi connectivity index (χ0) is 15.4. The minimum atomic E-state index is -0.342. The molecule has 1 unspecified atom stereocenters. The molecule has 0 saturated carbocycles. The Morgan fingerprint density at radius 1 is 1.29 bits per heavy atom. The van der Waals surface area contributed by atoms with Gasteiger partial charge in [0.15, 0.2) is 0 Å². The highest BCUT2D eigenvalue weighted by molar-refractivity contribution is 9.09. The molecule has 0 fully saturated rings. The third-order valence-corrected chi connectivity index (χ3v) is 4.23. The Kier molecular flexibility index (Phi) is 4.96. The molecule has 110 valence electrons. The number of alkyl halides is 1. The molecule has 5 heteroatoms. The number of nitro benzene ring substituents is 1. The Hall–Kier alpha value is -1.88. The molecule has 0 aliphatic heterocycles. The smallest absolute Gasteiger partial charge is 0.272 e. The summed E-state index contributed by atoms with van der Waals surface area (Å²) in [5.74, 6) is 0.819. The molecule has 0 spiro atoms. The maximum atomic E-state index is 11.1. The summed E-state index contributed by atoms with van der Waals surface area (Å²) in [5.41, 5.74) is 2.96. The van der Waals surface area contributed by atoms with E-state index in [1.807, 2.05) is 31.2 Å². The number of methoxy groups -OCH3 is 1. The molecular weight excluding hydrogens is 334 g/mol. The van der Waals surface area contributed by atoms with Crippen molar-refractivity contribution in [2.75, 3.05) is 7.11 Å². The van der Waals surface area contributed by atoms with Crippen molar-refractivity contribution in [3.05, 3.63) is 69.3 Å². The summed E-state index contributed by atoms with van der Waals surface area (Å²) in [5, 5.41) is 11.1. The predicted octanol–water partition coefficient (Wildman–Crippen LogP) is 4.59. The van der Waals surface area contributed by atoms with Gasteiger partial charge in [-0.3, -0.25) is 10.1 Å². The lowest BCUT2D eigenvalue weighted by molar-refractivity contribution is -0.385. The van der Waals surface area contributed by atoms with Gasteiger partial charge in [0.1, 0.15) is 5.75 Å². The van der Waals surface area contributed by atoms with Crippen LogP contribution in [0.15, 0.2) is 42.5 Å². The zero-order valence-electron chi connectivity index (χ0n) is 11.9. The van der Waals surface area contributed by atoms with Crippen LogP contribution in [0.5, 0.6) is 5.75 Å². The summed E-state index contributed by atoms with van der Waals surface area (Å²) in [4.78, 5) is 10.7. The van der Waals surface area contributed by atoms with E-state index in [4.69, 9.17) is 4.74 Å². The van der Waals surface area contributed by atoms with E-state index in [9.17, 15) is 10.1 Å². The highest BCUT2D eigenvalue weighted by Crippen LogP contribution is 2.33. The topological polar surface area (TPSA) is 52.4 Å². The summed E-state index contributed by atoms with van der Waals surface area (Å²) in [6, 6.07) is 12.8. The molecule has 0 N–H and O–H groups in total. The Balaban J connectivity index is 2.26. The third-order valence-electron chi connectivity index (χ3n) is 3.38. The summed E-state index contributed by atoms with van der Waals surface area (Å²) in [7, 11) is 1.64. The van der Waals surface area contributed by atoms with Crippen molar-refractivity contribution in [2.45, 2.75) is 18.2 Å². The van der Waals surface area contributed by atoms with Crippen LogP contribution >= 0.6 is 15.9 Å². The first-order valence-corrected chi connectivity index (χ1v) is 7.45. The molecule has 2 aromatic carbocycles. The van der Waals surface area contributed by atoms with Crippen LogP contribution in [0.2, 0.25) is 0 Å². The monoisotopic (exact) mass is 349 g/mol. The van der Waals surface area contributed by atoms with Gasteiger partial charge >= 0.3 is 0 Å². The Bertz CT molecular complexity index is 658. The van der Waals surface area contributed by atoms with Crippen LogP contribution in [0, 0.1) is 17.0 Å². The van der Waals surface area contributed by atoms with Crippen LogP contribution in [-0.4, -0.2) is 12.0 Å². The van der Waals surface area contributed by atoms with E-state index in [0.29, 0.717) is 12.0 Å². The molecule has 21 heavy (non-hydrogen) atoms. The van der Waals surface area contributed by atoms with Gasteiger partial charge in [0, 0.05) is 16.5 Å². The molecule has 4 nitrogen and oxygen atoms in total. The van der Waals surface area contributed by atoms with E-state index in [-0.39, 0.29) is 15.4 Å². The summed E-state index contributed by atoms with van der Waals surface area (Å²) in [6.45, 7) is 1.98. The first-order chi connectivity index (χ1) is 10.0. The molecular formula is C16H16BrNO3. The van der Waals surface area contributed by atoms with Crippen LogP contribution in [0.1, 0.15) is 21.5 Å². The second-order valence-electron chi connectivity index (χ2n) is 4.79. The van der Waals surface area contributed by atoms with E-state index in [2.05, 4.69) is 15.9 Å². The van der Waals surface area contributed by atoms with E-state index in [0.717, 1.165) is 16.9 Å². The first kappa shape index (κ1) is 15.5. The predicted molar refractivity (Wildman–Crippen MR) is 86.2 cm³/mol. The van der Waals surface area contributed by atoms with E-state index < -0.39 is 0 Å². The van der Waals surface area contributed by atoms with Crippen molar-refractivity contribution in [3.8, 4) is 5.75 Å². The van der Waals surface area contributed by atoms with Crippen molar-refractivity contribution >= 4 is 21.6 Å². The van der Waals surface area contributed by atoms with Gasteiger partial charge in [-0.25, -0.2) is 0 Å². The summed E-state index contributed by atoms with van der Waals surface area (Å²) >= 11 is 3.62. The number of nitrogens with zero attached hydrogens (tertiary/aromatic N) is 1. The number of nitro groups is 1. The van der Waals surface area contributed by atoms with Crippen LogP contribution in [0.25, 0.3) is 0 Å². The summed E-state index contributed by atoms with van der Waals surface area (Å²) in [6.07, 6.45) is 0.545. The number of para-hydroxylation sites is 1. The molecule has 0 saturated heterocycles. The Labute approximate surface area is 132 Å². The number of halogens is 1. The molecule has 0 bridgehead atoms. The van der Waals surface area contributed by atoms with Crippen molar-refractivity contribution in [1.29, 1.82) is 0 Å². The summed E-state index contributed by atoms with van der Waals surface area (Å²) < 4.78 is 5.32. The number of benzene rings is 2. The fourth-order valence-corrected chi connectivity index (χ4v) is 2.84. The van der Waals surface area contributed by atoms with Crippen molar-refractivity contribution in [2.24, 2.45) is 0 Å². The normalized spacial score (nSPS) is 12.0. The molecule has 0 radical (unpaired) electrons. The van der Waals surface area contributed by atoms with E-state index in [1.165, 1.54) is 6.07 Å². The van der Waals surface area contributed by atoms with Gasteiger partial charge in [0.2, 0.25) is 0 Å². The number of aryl methyl sites for hydroxylation is 1. The molecule has 0 aromatic heterocycles. The van der Waals surface area contributed by atoms with Gasteiger partial charge in [-0.05, 0) is 30.5 Å². The average Bonchev–Trinajstić information content (AvgIpc) is 2.48. The molecule has 0 aliphatic carbocycles. The number of hydrogen-bond donors (Lipinski definition) is 0. The van der Waals surface area contributed by atoms with Gasteiger partial charge in [-0.1, -0.05) is 46.3 Å². The molecule has 2 aromatic rings. The number of ether oxygens (including phenoxy) is 1. The molecule has 1 atom stereocenters. The van der Waals surface area contributed by atoms with Crippen LogP contribution in [-0.2, 0) is 6.42 Å². The van der Waals surface area contributed by atoms with Gasteiger partial charge < -0.3 is 4.74 Å². The second kappa shape index (κ2) is 6.72. The number of rotatable bonds is 5. The molecule has 0 amide bonds. The number of hydrogen-bond acceptors (Lipinski definition) is 3. The Morgan fingerprint density at radius 3 is 2.67 bits per heavy atom. The maximum Gasteiger partial charge on any atom is 0.272 e. The van der Waals surface area contributed by atoms with Gasteiger partial charge in [0.25, 0.3) is 5.69 Å². The zero-order valence-corrected chi connectivity index (χ0v) is 13.5. The van der Waals surface area contributed by atoms with Gasteiger partial charge in [0.05, 0.1) is 12.0 Å². The van der Waals surface area contributed by atoms with E-state index in [1.54, 1.807) is 19.2 Å². The third kappa shape index (κ3) is 3.61. The van der Waals surface area contributed by atoms with Crippen LogP contribution < -0.4 is 4.74 Å². The first-order valence-electron chi connectivity index (χ1n) is 6.54. The van der Waals surface area contributed by atoms with Crippen molar-refractivity contribution < 1.29 is 9.66 Å². The fraction of sp³-hybridized carbons (Fsp3) is 0.250. The molecule has 2 rings (SSSR count). The highest BCUT2D eigenvalue weighted by Gasteiger charge is 2.17. The quantitative estimate of drug-likeness (QED) is 0.450. The maximum absolute atomic E-state index is 11.1. The lowest BCUT2D eigenvalue weighted by Crippen LogP contribution is -2.00. The standard InChI is InChI=1S/C16H16BrNO3/c1-11-7-8-12(10-16(11)21-2)14(17)9-13-5-3-4-6-15(13)18(19)20/h3-8,10,14H,9H2,1-2H3. The second-order valence-corrected chi connectivity index (χ2v) is 5.89. The van der Waals surface area contributed by atoms with Crippen LogP contribution in [0.3, 0.4) is 0 Å². The SMILES string of the molecule is COc1cc(C(Br)Cc2ccccc2[N+](=O)[O-])ccc1C. The lowest BCUT2D eigenvalue weighted by Gasteiger charge is -2.13. The molecule has 0 aliphatic rings. The highest BCUT2D eigenvalue weighted by atomic mass is 79.9. The largest absolute Gasteiger partial charge is 0.496 e. The van der Waals surface area contributed by atoms with Crippen LogP contribution in [0.4, 0.5) is 5.69 Å². The minimum absolute atomic E-state index is 0.00639. The van der Waals surface area contributed by atoms with Gasteiger partial charge in [-0.15, -0.1) is 0 Å². The lowest BCUT2D eigenvalue weighted by atomic mass is 10.0. The van der Waals surface area contributed by atoms with Gasteiger partial charge in [-0.2, -0.15) is 0 Å².